The molecule has 2 atom stereocenters. The predicted molar refractivity (Wildman–Crippen MR) is 91.9 cm³/mol. The number of terminal acetylenes is 1. The van der Waals surface area contributed by atoms with Crippen LogP contribution in [-0.4, -0.2) is 46.4 Å². The Kier molecular flexibility index (Phi) is 5.70. The number of nitrogens with zero attached hydrogens (tertiary/aromatic N) is 1. The number of hydrogen-bond donors (Lipinski definition) is 1. The number of hydrogen-bond acceptors (Lipinski definition) is 4. The van der Waals surface area contributed by atoms with Crippen molar-refractivity contribution < 1.29 is 24.2 Å². The maximum absolute atomic E-state index is 12.2. The van der Waals surface area contributed by atoms with E-state index in [9.17, 15) is 14.7 Å². The molecule has 0 spiro atoms. The van der Waals surface area contributed by atoms with Crippen LogP contribution < -0.4 is 0 Å². The largest absolute Gasteiger partial charge is 0.480 e. The summed E-state index contributed by atoms with van der Waals surface area (Å²) in [6, 6.07) is 6.43. The van der Waals surface area contributed by atoms with Crippen LogP contribution >= 0.6 is 0 Å². The van der Waals surface area contributed by atoms with E-state index in [0.29, 0.717) is 6.61 Å². The maximum Gasteiger partial charge on any atom is 0.411 e. The molecule has 1 N–H and O–H groups in total. The summed E-state index contributed by atoms with van der Waals surface area (Å²) in [5.74, 6) is 1.48. The van der Waals surface area contributed by atoms with Crippen LogP contribution in [-0.2, 0) is 20.9 Å². The highest BCUT2D eigenvalue weighted by Gasteiger charge is 2.42. The van der Waals surface area contributed by atoms with Crippen LogP contribution in [0.4, 0.5) is 4.79 Å². The van der Waals surface area contributed by atoms with Crippen LogP contribution in [0.1, 0.15) is 38.3 Å². The Balaban J connectivity index is 1.97. The van der Waals surface area contributed by atoms with E-state index in [-0.39, 0.29) is 19.1 Å². The number of benzene rings is 1. The number of carboxylic acid groups (broad SMARTS) is 1. The Hall–Kier alpha value is -2.52. The minimum absolute atomic E-state index is 0.189. The van der Waals surface area contributed by atoms with E-state index in [2.05, 4.69) is 5.92 Å². The van der Waals surface area contributed by atoms with Gasteiger partial charge in [-0.05, 0) is 38.5 Å². The monoisotopic (exact) mass is 345 g/mol. The molecular weight excluding hydrogens is 322 g/mol. The molecule has 1 aliphatic heterocycles. The number of likely N-dealkylation sites (tertiary alicyclic amines) is 1. The molecule has 0 bridgehead atoms. The average molecular weight is 345 g/mol. The zero-order valence-corrected chi connectivity index (χ0v) is 14.7. The van der Waals surface area contributed by atoms with Crippen molar-refractivity contribution in [2.24, 2.45) is 0 Å². The zero-order chi connectivity index (χ0) is 18.6. The summed E-state index contributed by atoms with van der Waals surface area (Å²) >= 11 is 0. The van der Waals surface area contributed by atoms with E-state index in [1.54, 1.807) is 20.8 Å². The van der Waals surface area contributed by atoms with Crippen molar-refractivity contribution in [1.29, 1.82) is 0 Å². The predicted octanol–water partition coefficient (Wildman–Crippen LogP) is 2.65. The summed E-state index contributed by atoms with van der Waals surface area (Å²) in [5.41, 5.74) is 1.03. The Labute approximate surface area is 147 Å². The number of carbonyl (C=O) groups excluding carboxylic acids is 1. The number of carboxylic acids is 1. The molecule has 6 heteroatoms. The van der Waals surface area contributed by atoms with Gasteiger partial charge < -0.3 is 14.6 Å². The van der Waals surface area contributed by atoms with Crippen LogP contribution in [0.5, 0.6) is 0 Å². The Bertz CT molecular complexity index is 669. The first kappa shape index (κ1) is 18.8. The molecule has 0 radical (unpaired) electrons. The lowest BCUT2D eigenvalue weighted by molar-refractivity contribution is -0.142. The highest BCUT2D eigenvalue weighted by Crippen LogP contribution is 2.24. The minimum Gasteiger partial charge on any atom is -0.480 e. The third-order valence-electron chi connectivity index (χ3n) is 3.78. The average Bonchev–Trinajstić information content (AvgIpc) is 2.96. The molecule has 1 unspecified atom stereocenters. The summed E-state index contributed by atoms with van der Waals surface area (Å²) in [6.45, 7) is 5.73. The van der Waals surface area contributed by atoms with Crippen molar-refractivity contribution in [3.05, 3.63) is 35.4 Å². The molecule has 1 aliphatic rings. The fourth-order valence-corrected chi connectivity index (χ4v) is 2.59. The molecule has 2 rings (SSSR count). The van der Waals surface area contributed by atoms with Gasteiger partial charge in [-0.25, -0.2) is 9.59 Å². The highest BCUT2D eigenvalue weighted by atomic mass is 16.6. The molecule has 0 aromatic heterocycles. The molecule has 0 aliphatic carbocycles. The van der Waals surface area contributed by atoms with E-state index >= 15 is 0 Å². The topological polar surface area (TPSA) is 76.1 Å². The zero-order valence-electron chi connectivity index (χ0n) is 14.7. The number of ether oxygens (including phenoxy) is 2. The molecular formula is C19H23NO5. The van der Waals surface area contributed by atoms with Crippen molar-refractivity contribution in [3.8, 4) is 12.3 Å². The molecule has 1 aromatic rings. The molecule has 1 amide bonds. The van der Waals surface area contributed by atoms with Gasteiger partial charge in [-0.2, -0.15) is 0 Å². The van der Waals surface area contributed by atoms with Crippen LogP contribution in [0.15, 0.2) is 24.3 Å². The van der Waals surface area contributed by atoms with Gasteiger partial charge in [-0.15, -0.1) is 6.42 Å². The lowest BCUT2D eigenvalue weighted by Gasteiger charge is -2.26. The molecule has 1 aromatic carbocycles. The van der Waals surface area contributed by atoms with Gasteiger partial charge in [0.2, 0.25) is 0 Å². The fourth-order valence-electron chi connectivity index (χ4n) is 2.59. The Morgan fingerprint density at radius 3 is 2.48 bits per heavy atom. The van der Waals surface area contributed by atoms with E-state index in [1.165, 1.54) is 4.90 Å². The fraction of sp³-hybridized carbons (Fsp3) is 0.474. The third-order valence-corrected chi connectivity index (χ3v) is 3.78. The van der Waals surface area contributed by atoms with E-state index < -0.39 is 23.7 Å². The van der Waals surface area contributed by atoms with Crippen molar-refractivity contribution in [2.45, 2.75) is 51.5 Å². The number of amides is 1. The summed E-state index contributed by atoms with van der Waals surface area (Å²) in [6.07, 6.45) is 4.56. The molecule has 134 valence electrons. The first-order valence-electron chi connectivity index (χ1n) is 8.09. The van der Waals surface area contributed by atoms with Gasteiger partial charge in [-0.1, -0.05) is 18.1 Å². The van der Waals surface area contributed by atoms with Crippen LogP contribution in [0.3, 0.4) is 0 Å². The second-order valence-corrected chi connectivity index (χ2v) is 7.00. The first-order valence-corrected chi connectivity index (χ1v) is 8.09. The van der Waals surface area contributed by atoms with E-state index in [4.69, 9.17) is 15.9 Å². The molecule has 1 fully saturated rings. The van der Waals surface area contributed by atoms with Gasteiger partial charge in [0.25, 0.3) is 0 Å². The van der Waals surface area contributed by atoms with Gasteiger partial charge in [0.15, 0.2) is 0 Å². The lowest BCUT2D eigenvalue weighted by atomic mass is 10.1. The second kappa shape index (κ2) is 7.58. The molecule has 25 heavy (non-hydrogen) atoms. The standard InChI is InChI=1S/C19H23NO5/c1-5-13-6-8-14(9-7-13)12-24-15-10-16(17(21)22)20(11-15)18(23)25-19(2,3)4/h1,6-9,15-16H,10-12H2,2-4H3,(H,21,22)/t15-,16?/m0/s1. The van der Waals surface area contributed by atoms with Crippen LogP contribution in [0.25, 0.3) is 0 Å². The van der Waals surface area contributed by atoms with Gasteiger partial charge in [0.1, 0.15) is 11.6 Å². The SMILES string of the molecule is C#Cc1ccc(CO[C@H]2CC(C(=O)O)N(C(=O)OC(C)(C)C)C2)cc1. The number of aliphatic carboxylic acids is 1. The van der Waals surface area contributed by atoms with Gasteiger partial charge in [0.05, 0.1) is 19.3 Å². The molecule has 1 saturated heterocycles. The van der Waals surface area contributed by atoms with Crippen LogP contribution in [0.2, 0.25) is 0 Å². The van der Waals surface area contributed by atoms with E-state index in [1.807, 2.05) is 24.3 Å². The smallest absolute Gasteiger partial charge is 0.411 e. The Morgan fingerprint density at radius 1 is 1.32 bits per heavy atom. The number of rotatable bonds is 4. The summed E-state index contributed by atoms with van der Waals surface area (Å²) < 4.78 is 11.1. The van der Waals surface area contributed by atoms with Crippen molar-refractivity contribution >= 4 is 12.1 Å². The molecule has 1 heterocycles. The van der Waals surface area contributed by atoms with Crippen molar-refractivity contribution in [2.75, 3.05) is 6.54 Å². The highest BCUT2D eigenvalue weighted by molar-refractivity contribution is 5.81. The second-order valence-electron chi connectivity index (χ2n) is 7.00. The number of carbonyl (C=O) groups is 2. The van der Waals surface area contributed by atoms with Gasteiger partial charge >= 0.3 is 12.1 Å². The summed E-state index contributed by atoms with van der Waals surface area (Å²) in [5, 5.41) is 9.37. The lowest BCUT2D eigenvalue weighted by Crippen LogP contribution is -2.43. The summed E-state index contributed by atoms with van der Waals surface area (Å²) in [4.78, 5) is 24.9. The first-order chi connectivity index (χ1) is 11.7. The van der Waals surface area contributed by atoms with Crippen LogP contribution in [0, 0.1) is 12.3 Å². The maximum atomic E-state index is 12.2. The third kappa shape index (κ3) is 5.23. The van der Waals surface area contributed by atoms with Crippen molar-refractivity contribution in [3.63, 3.8) is 0 Å². The molecule has 6 nitrogen and oxygen atoms in total. The van der Waals surface area contributed by atoms with E-state index in [0.717, 1.165) is 11.1 Å². The quantitative estimate of drug-likeness (QED) is 0.849. The normalized spacial score (nSPS) is 20.2. The Morgan fingerprint density at radius 2 is 1.96 bits per heavy atom. The van der Waals surface area contributed by atoms with Gasteiger partial charge in [-0.3, -0.25) is 4.90 Å². The van der Waals surface area contributed by atoms with Crippen molar-refractivity contribution in [1.82, 2.24) is 4.90 Å². The summed E-state index contributed by atoms with van der Waals surface area (Å²) in [7, 11) is 0. The van der Waals surface area contributed by atoms with Gasteiger partial charge in [0, 0.05) is 12.0 Å². The molecule has 0 saturated carbocycles. The minimum atomic E-state index is -1.06.